The maximum atomic E-state index is 8.93. The normalized spacial score (nSPS) is 11.5. The molecule has 0 saturated heterocycles. The second-order valence-corrected chi connectivity index (χ2v) is 2.52. The number of aliphatic hydroxyl groups excluding tert-OH is 1. The Morgan fingerprint density at radius 1 is 1.60 bits per heavy atom. The first-order valence-corrected chi connectivity index (χ1v) is 4.84. The average molecular weight is 209 g/mol. The molecule has 0 heterocycles. The second kappa shape index (κ2) is 10.6. The van der Waals surface area contributed by atoms with Crippen molar-refractivity contribution < 1.29 is 9.84 Å². The fourth-order valence-electron chi connectivity index (χ4n) is 0.608. The van der Waals surface area contributed by atoms with Gasteiger partial charge in [0.05, 0.1) is 11.7 Å². The molecule has 1 unspecified atom stereocenters. The molecule has 0 bridgehead atoms. The Bertz CT molecular complexity index is 259. The highest BCUT2D eigenvalue weighted by Crippen LogP contribution is 2.08. The van der Waals surface area contributed by atoms with Gasteiger partial charge in [0, 0.05) is 0 Å². The number of ether oxygens (including phenoxy) is 1. The van der Waals surface area contributed by atoms with Crippen molar-refractivity contribution in [2.75, 3.05) is 6.61 Å². The van der Waals surface area contributed by atoms with E-state index in [2.05, 4.69) is 13.2 Å². The molecular formula is C12H19NO2. The topological polar surface area (TPSA) is 53.2 Å². The van der Waals surface area contributed by atoms with Gasteiger partial charge in [-0.05, 0) is 13.0 Å². The van der Waals surface area contributed by atoms with E-state index < -0.39 is 6.10 Å². The Kier molecular flexibility index (Phi) is 11.2. The van der Waals surface area contributed by atoms with Gasteiger partial charge in [-0.15, -0.1) is 0 Å². The predicted molar refractivity (Wildman–Crippen MR) is 62.0 cm³/mol. The molecule has 0 radical (unpaired) electrons. The molecule has 0 aromatic carbocycles. The van der Waals surface area contributed by atoms with Crippen LogP contribution in [0.3, 0.4) is 0 Å². The van der Waals surface area contributed by atoms with Gasteiger partial charge in [-0.3, -0.25) is 0 Å². The van der Waals surface area contributed by atoms with Crippen LogP contribution in [0.2, 0.25) is 0 Å². The Morgan fingerprint density at radius 2 is 2.13 bits per heavy atom. The van der Waals surface area contributed by atoms with Crippen molar-refractivity contribution in [3.63, 3.8) is 0 Å². The van der Waals surface area contributed by atoms with E-state index in [0.29, 0.717) is 5.76 Å². The van der Waals surface area contributed by atoms with Crippen molar-refractivity contribution in [2.24, 2.45) is 0 Å². The summed E-state index contributed by atoms with van der Waals surface area (Å²) in [5.74, 6) is 0.346. The van der Waals surface area contributed by atoms with Gasteiger partial charge >= 0.3 is 0 Å². The molecule has 0 aromatic heterocycles. The van der Waals surface area contributed by atoms with Crippen molar-refractivity contribution in [3.8, 4) is 6.07 Å². The van der Waals surface area contributed by atoms with Crippen molar-refractivity contribution in [1.29, 1.82) is 5.26 Å². The summed E-state index contributed by atoms with van der Waals surface area (Å²) in [5, 5.41) is 17.5. The van der Waals surface area contributed by atoms with Crippen molar-refractivity contribution in [2.45, 2.75) is 26.9 Å². The highest BCUT2D eigenvalue weighted by atomic mass is 16.5. The average Bonchev–Trinajstić information content (AvgIpc) is 2.25. The Balaban J connectivity index is 0. The molecule has 84 valence electrons. The summed E-state index contributed by atoms with van der Waals surface area (Å²) >= 11 is 0. The van der Waals surface area contributed by atoms with Gasteiger partial charge in [0.25, 0.3) is 0 Å². The van der Waals surface area contributed by atoms with E-state index in [0.717, 1.165) is 0 Å². The summed E-state index contributed by atoms with van der Waals surface area (Å²) in [6.07, 6.45) is 2.47. The largest absolute Gasteiger partial charge is 0.490 e. The Hall–Kier alpha value is -1.53. The van der Waals surface area contributed by atoms with E-state index in [1.165, 1.54) is 12.2 Å². The summed E-state index contributed by atoms with van der Waals surface area (Å²) in [4.78, 5) is 0. The monoisotopic (exact) mass is 209 g/mol. The standard InChI is InChI=1S/C10H13NO2.C2H6/c1-4-5-10(8(2)6-11)13-7-9(3)12;1-2/h4-5,9,12H,1-2,7H2,3H3;1-2H3/b10-5+;. The van der Waals surface area contributed by atoms with Crippen LogP contribution in [0.1, 0.15) is 20.8 Å². The number of hydrogen-bond donors (Lipinski definition) is 1. The van der Waals surface area contributed by atoms with Gasteiger partial charge in [-0.25, -0.2) is 0 Å². The van der Waals surface area contributed by atoms with Gasteiger partial charge in [0.1, 0.15) is 18.4 Å². The third kappa shape index (κ3) is 8.79. The molecule has 1 N–H and O–H groups in total. The van der Waals surface area contributed by atoms with Gasteiger partial charge in [-0.1, -0.05) is 33.1 Å². The van der Waals surface area contributed by atoms with Crippen LogP contribution >= 0.6 is 0 Å². The van der Waals surface area contributed by atoms with E-state index in [1.807, 2.05) is 19.9 Å². The van der Waals surface area contributed by atoms with Crippen LogP contribution in [0.25, 0.3) is 0 Å². The van der Waals surface area contributed by atoms with Crippen LogP contribution in [-0.2, 0) is 4.74 Å². The van der Waals surface area contributed by atoms with E-state index >= 15 is 0 Å². The molecular weight excluding hydrogens is 190 g/mol. The summed E-state index contributed by atoms with van der Waals surface area (Å²) in [7, 11) is 0. The van der Waals surface area contributed by atoms with Crippen LogP contribution in [0.15, 0.2) is 36.6 Å². The lowest BCUT2D eigenvalue weighted by Gasteiger charge is -2.09. The fraction of sp³-hybridized carbons (Fsp3) is 0.417. The minimum atomic E-state index is -0.570. The predicted octanol–water partition coefficient (Wildman–Crippen LogP) is 2.56. The smallest absolute Gasteiger partial charge is 0.136 e. The molecule has 0 fully saturated rings. The van der Waals surface area contributed by atoms with Gasteiger partial charge in [0.2, 0.25) is 0 Å². The molecule has 0 aliphatic rings. The molecule has 0 aliphatic heterocycles. The summed E-state index contributed by atoms with van der Waals surface area (Å²) < 4.78 is 5.11. The number of nitriles is 1. The van der Waals surface area contributed by atoms with Crippen LogP contribution in [0.5, 0.6) is 0 Å². The molecule has 0 aliphatic carbocycles. The molecule has 1 atom stereocenters. The zero-order valence-electron chi connectivity index (χ0n) is 9.66. The Morgan fingerprint density at radius 3 is 2.47 bits per heavy atom. The van der Waals surface area contributed by atoms with Crippen molar-refractivity contribution >= 4 is 0 Å². The number of nitrogens with zero attached hydrogens (tertiary/aromatic N) is 1. The summed E-state index contributed by atoms with van der Waals surface area (Å²) in [6, 6.07) is 1.86. The van der Waals surface area contributed by atoms with Crippen LogP contribution in [-0.4, -0.2) is 17.8 Å². The van der Waals surface area contributed by atoms with E-state index in [9.17, 15) is 0 Å². The molecule has 0 rings (SSSR count). The minimum Gasteiger partial charge on any atom is -0.490 e. The summed E-state index contributed by atoms with van der Waals surface area (Å²) in [6.45, 7) is 12.7. The number of hydrogen-bond acceptors (Lipinski definition) is 3. The maximum Gasteiger partial charge on any atom is 0.136 e. The number of allylic oxidation sites excluding steroid dienone is 3. The van der Waals surface area contributed by atoms with Gasteiger partial charge < -0.3 is 9.84 Å². The quantitative estimate of drug-likeness (QED) is 0.430. The van der Waals surface area contributed by atoms with Crippen LogP contribution in [0, 0.1) is 11.3 Å². The number of rotatable bonds is 5. The lowest BCUT2D eigenvalue weighted by atomic mass is 10.2. The highest BCUT2D eigenvalue weighted by Gasteiger charge is 2.03. The first-order valence-electron chi connectivity index (χ1n) is 4.84. The lowest BCUT2D eigenvalue weighted by Crippen LogP contribution is -2.10. The van der Waals surface area contributed by atoms with Crippen molar-refractivity contribution in [1.82, 2.24) is 0 Å². The van der Waals surface area contributed by atoms with Crippen molar-refractivity contribution in [3.05, 3.63) is 36.6 Å². The van der Waals surface area contributed by atoms with Crippen LogP contribution in [0.4, 0.5) is 0 Å². The van der Waals surface area contributed by atoms with E-state index in [4.69, 9.17) is 15.1 Å². The first kappa shape index (κ1) is 15.9. The molecule has 0 aromatic rings. The minimum absolute atomic E-state index is 0.139. The SMILES string of the molecule is C=C/C=C(/OCC(C)O)C(=C)C#N.CC. The van der Waals surface area contributed by atoms with E-state index in [-0.39, 0.29) is 12.2 Å². The van der Waals surface area contributed by atoms with Gasteiger partial charge in [-0.2, -0.15) is 5.26 Å². The zero-order chi connectivity index (χ0) is 12.3. The van der Waals surface area contributed by atoms with E-state index in [1.54, 1.807) is 6.92 Å². The molecule has 0 amide bonds. The lowest BCUT2D eigenvalue weighted by molar-refractivity contribution is 0.0874. The third-order valence-corrected chi connectivity index (χ3v) is 1.18. The molecule has 0 spiro atoms. The highest BCUT2D eigenvalue weighted by molar-refractivity contribution is 5.36. The molecule has 3 nitrogen and oxygen atoms in total. The molecule has 3 heteroatoms. The molecule has 15 heavy (non-hydrogen) atoms. The van der Waals surface area contributed by atoms with Gasteiger partial charge in [0.15, 0.2) is 0 Å². The summed E-state index contributed by atoms with van der Waals surface area (Å²) in [5.41, 5.74) is 0.223. The van der Waals surface area contributed by atoms with Crippen LogP contribution < -0.4 is 0 Å². The first-order chi connectivity index (χ1) is 7.11. The maximum absolute atomic E-state index is 8.93. The fourth-order valence-corrected chi connectivity index (χ4v) is 0.608. The molecule has 0 saturated carbocycles. The zero-order valence-corrected chi connectivity index (χ0v) is 9.66. The second-order valence-electron chi connectivity index (χ2n) is 2.52. The number of aliphatic hydroxyl groups is 1. The Labute approximate surface area is 92.0 Å². The third-order valence-electron chi connectivity index (χ3n) is 1.18.